The maximum absolute atomic E-state index is 5.84. The van der Waals surface area contributed by atoms with Gasteiger partial charge in [-0.3, -0.25) is 0 Å². The van der Waals surface area contributed by atoms with E-state index >= 15 is 0 Å². The molecule has 1 saturated heterocycles. The molecule has 4 nitrogen and oxygen atoms in total. The summed E-state index contributed by atoms with van der Waals surface area (Å²) in [5.41, 5.74) is 0. The lowest BCUT2D eigenvalue weighted by molar-refractivity contribution is 0.0439. The highest BCUT2D eigenvalue weighted by Crippen LogP contribution is 2.23. The van der Waals surface area contributed by atoms with Gasteiger partial charge in [0, 0.05) is 25.9 Å². The van der Waals surface area contributed by atoms with Gasteiger partial charge in [0.05, 0.1) is 9.67 Å². The van der Waals surface area contributed by atoms with Crippen LogP contribution >= 0.6 is 22.6 Å². The van der Waals surface area contributed by atoms with Crippen molar-refractivity contribution >= 4 is 28.4 Å². The van der Waals surface area contributed by atoms with E-state index in [1.807, 2.05) is 6.20 Å². The molecule has 0 amide bonds. The highest BCUT2D eigenvalue weighted by molar-refractivity contribution is 14.1. The number of halogens is 1. The van der Waals surface area contributed by atoms with E-state index in [9.17, 15) is 0 Å². The first-order chi connectivity index (χ1) is 8.31. The minimum absolute atomic E-state index is 0.356. The van der Waals surface area contributed by atoms with Crippen molar-refractivity contribution in [2.45, 2.75) is 32.3 Å². The zero-order chi connectivity index (χ0) is 12.1. The van der Waals surface area contributed by atoms with E-state index in [4.69, 9.17) is 4.74 Å². The normalized spacial score (nSPS) is 20.6. The molecule has 2 heterocycles. The third kappa shape index (κ3) is 3.51. The van der Waals surface area contributed by atoms with Crippen molar-refractivity contribution in [1.29, 1.82) is 0 Å². The summed E-state index contributed by atoms with van der Waals surface area (Å²) in [6.07, 6.45) is 7.26. The molecule has 94 valence electrons. The van der Waals surface area contributed by atoms with Gasteiger partial charge in [-0.2, -0.15) is 0 Å². The highest BCUT2D eigenvalue weighted by Gasteiger charge is 2.22. The number of aromatic nitrogens is 2. The number of hydrogen-bond donors (Lipinski definition) is 0. The molecular formula is C12H18IN3O. The van der Waals surface area contributed by atoms with Crippen LogP contribution in [0.1, 0.15) is 26.2 Å². The van der Waals surface area contributed by atoms with Crippen molar-refractivity contribution < 1.29 is 4.74 Å². The van der Waals surface area contributed by atoms with Crippen LogP contribution in [0.25, 0.3) is 0 Å². The molecule has 17 heavy (non-hydrogen) atoms. The summed E-state index contributed by atoms with van der Waals surface area (Å²) in [5.74, 6) is 1.05. The number of ether oxygens (including phenoxy) is 1. The van der Waals surface area contributed by atoms with Crippen LogP contribution in [0.4, 0.5) is 5.82 Å². The topological polar surface area (TPSA) is 38.2 Å². The molecule has 1 aromatic heterocycles. The first-order valence-electron chi connectivity index (χ1n) is 6.13. The van der Waals surface area contributed by atoms with Gasteiger partial charge in [-0.25, -0.2) is 9.97 Å². The second-order valence-corrected chi connectivity index (χ2v) is 5.44. The molecule has 1 aliphatic rings. The van der Waals surface area contributed by atoms with E-state index in [1.54, 1.807) is 6.33 Å². The lowest BCUT2D eigenvalue weighted by Gasteiger charge is -2.33. The summed E-state index contributed by atoms with van der Waals surface area (Å²) in [4.78, 5) is 10.7. The fraction of sp³-hybridized carbons (Fsp3) is 0.667. The summed E-state index contributed by atoms with van der Waals surface area (Å²) in [7, 11) is 0. The molecule has 0 N–H and O–H groups in total. The van der Waals surface area contributed by atoms with Gasteiger partial charge in [0.15, 0.2) is 0 Å². The van der Waals surface area contributed by atoms with Gasteiger partial charge in [0.25, 0.3) is 0 Å². The number of nitrogens with zero attached hydrogens (tertiary/aromatic N) is 3. The van der Waals surface area contributed by atoms with E-state index in [2.05, 4.69) is 44.4 Å². The average Bonchev–Trinajstić information content (AvgIpc) is 2.37. The fourth-order valence-corrected chi connectivity index (χ4v) is 2.73. The van der Waals surface area contributed by atoms with Crippen molar-refractivity contribution in [1.82, 2.24) is 9.97 Å². The number of anilines is 1. The average molecular weight is 347 g/mol. The monoisotopic (exact) mass is 347 g/mol. The lowest BCUT2D eigenvalue weighted by Crippen LogP contribution is -2.40. The second kappa shape index (κ2) is 6.49. The van der Waals surface area contributed by atoms with Gasteiger partial charge in [0.1, 0.15) is 12.1 Å². The van der Waals surface area contributed by atoms with E-state index < -0.39 is 0 Å². The summed E-state index contributed by atoms with van der Waals surface area (Å²) in [6.45, 7) is 5.03. The standard InChI is InChI=1S/C12H18IN3O/c1-2-6-17-10-4-3-5-16(8-10)12-11(13)7-14-9-15-12/h7,9-10H,2-6,8H2,1H3. The first-order valence-corrected chi connectivity index (χ1v) is 7.21. The van der Waals surface area contributed by atoms with Gasteiger partial charge >= 0.3 is 0 Å². The number of rotatable bonds is 4. The van der Waals surface area contributed by atoms with Crippen LogP contribution in [0.5, 0.6) is 0 Å². The lowest BCUT2D eigenvalue weighted by atomic mass is 10.1. The van der Waals surface area contributed by atoms with Gasteiger partial charge in [-0.05, 0) is 41.9 Å². The zero-order valence-corrected chi connectivity index (χ0v) is 12.3. The van der Waals surface area contributed by atoms with Crippen LogP contribution in [0.3, 0.4) is 0 Å². The molecule has 1 atom stereocenters. The van der Waals surface area contributed by atoms with Crippen LogP contribution in [0.15, 0.2) is 12.5 Å². The molecule has 1 unspecified atom stereocenters. The molecule has 1 aromatic rings. The van der Waals surface area contributed by atoms with E-state index in [1.165, 1.54) is 6.42 Å². The minimum Gasteiger partial charge on any atom is -0.376 e. The highest BCUT2D eigenvalue weighted by atomic mass is 127. The SMILES string of the molecule is CCCOC1CCCN(c2ncncc2I)C1. The molecule has 1 fully saturated rings. The smallest absolute Gasteiger partial charge is 0.145 e. The van der Waals surface area contributed by atoms with Crippen LogP contribution in [0, 0.1) is 3.57 Å². The van der Waals surface area contributed by atoms with Crippen molar-refractivity contribution in [3.05, 3.63) is 16.1 Å². The summed E-state index contributed by atoms with van der Waals surface area (Å²) in [5, 5.41) is 0. The van der Waals surface area contributed by atoms with Crippen LogP contribution in [-0.4, -0.2) is 35.8 Å². The molecule has 0 aromatic carbocycles. The zero-order valence-electron chi connectivity index (χ0n) is 10.1. The maximum Gasteiger partial charge on any atom is 0.145 e. The molecule has 5 heteroatoms. The first kappa shape index (κ1) is 13.0. The predicted molar refractivity (Wildman–Crippen MR) is 76.2 cm³/mol. The number of piperidine rings is 1. The minimum atomic E-state index is 0.356. The van der Waals surface area contributed by atoms with Crippen LogP contribution in [-0.2, 0) is 4.74 Å². The summed E-state index contributed by atoms with van der Waals surface area (Å²) >= 11 is 2.29. The Morgan fingerprint density at radius 3 is 3.24 bits per heavy atom. The Labute approximate surface area is 116 Å². The van der Waals surface area contributed by atoms with Crippen molar-refractivity contribution in [2.24, 2.45) is 0 Å². The van der Waals surface area contributed by atoms with Gasteiger partial charge in [-0.15, -0.1) is 0 Å². The molecule has 0 saturated carbocycles. The Morgan fingerprint density at radius 1 is 1.59 bits per heavy atom. The number of hydrogen-bond acceptors (Lipinski definition) is 4. The Hall–Kier alpha value is -0.430. The van der Waals surface area contributed by atoms with Crippen molar-refractivity contribution in [2.75, 3.05) is 24.6 Å². The van der Waals surface area contributed by atoms with Crippen molar-refractivity contribution in [3.63, 3.8) is 0 Å². The second-order valence-electron chi connectivity index (χ2n) is 4.28. The van der Waals surface area contributed by atoms with E-state index in [0.29, 0.717) is 6.10 Å². The van der Waals surface area contributed by atoms with Crippen LogP contribution < -0.4 is 4.90 Å². The fourth-order valence-electron chi connectivity index (χ4n) is 2.09. The van der Waals surface area contributed by atoms with Gasteiger partial charge in [0.2, 0.25) is 0 Å². The quantitative estimate of drug-likeness (QED) is 0.785. The third-order valence-corrected chi connectivity index (χ3v) is 3.64. The predicted octanol–water partition coefficient (Wildman–Crippen LogP) is 2.48. The van der Waals surface area contributed by atoms with Crippen LogP contribution in [0.2, 0.25) is 0 Å². The summed E-state index contributed by atoms with van der Waals surface area (Å²) < 4.78 is 6.95. The van der Waals surface area contributed by atoms with Crippen molar-refractivity contribution in [3.8, 4) is 0 Å². The molecule has 0 bridgehead atoms. The molecule has 0 radical (unpaired) electrons. The largest absolute Gasteiger partial charge is 0.376 e. The van der Waals surface area contributed by atoms with E-state index in [-0.39, 0.29) is 0 Å². The van der Waals surface area contributed by atoms with E-state index in [0.717, 1.165) is 41.9 Å². The van der Waals surface area contributed by atoms with Gasteiger partial charge in [-0.1, -0.05) is 6.92 Å². The Bertz CT molecular complexity index is 361. The Kier molecular flexibility index (Phi) is 4.97. The van der Waals surface area contributed by atoms with Gasteiger partial charge < -0.3 is 9.64 Å². The summed E-state index contributed by atoms with van der Waals surface area (Å²) in [6, 6.07) is 0. The molecule has 1 aliphatic heterocycles. The Morgan fingerprint density at radius 2 is 2.47 bits per heavy atom. The molecule has 0 aliphatic carbocycles. The third-order valence-electron chi connectivity index (χ3n) is 2.88. The molecule has 2 rings (SSSR count). The molecular weight excluding hydrogens is 329 g/mol. The maximum atomic E-state index is 5.84. The molecule has 0 spiro atoms. The Balaban J connectivity index is 1.99.